The first kappa shape index (κ1) is 24.3. The maximum absolute atomic E-state index is 13.3. The molecule has 37 heavy (non-hydrogen) atoms. The molecule has 0 radical (unpaired) electrons. The molecule has 5 aromatic rings. The third-order valence-electron chi connectivity index (χ3n) is 5.96. The molecule has 0 saturated carbocycles. The molecule has 0 fully saturated rings. The third kappa shape index (κ3) is 4.49. The van der Waals surface area contributed by atoms with Crippen molar-refractivity contribution in [1.82, 2.24) is 20.3 Å². The monoisotopic (exact) mass is 509 g/mol. The van der Waals surface area contributed by atoms with E-state index in [1.54, 1.807) is 13.0 Å². The van der Waals surface area contributed by atoms with Gasteiger partial charge in [0.15, 0.2) is 11.5 Å². The number of hydrogen-bond donors (Lipinski definition) is 3. The van der Waals surface area contributed by atoms with Gasteiger partial charge in [-0.25, -0.2) is 9.97 Å². The molecule has 0 aliphatic carbocycles. The molecule has 8 nitrogen and oxygen atoms in total. The van der Waals surface area contributed by atoms with Crippen LogP contribution in [-0.4, -0.2) is 28.0 Å². The summed E-state index contributed by atoms with van der Waals surface area (Å²) in [4.78, 5) is 24.4. The average molecular weight is 509 g/mol. The van der Waals surface area contributed by atoms with Crippen LogP contribution in [0.5, 0.6) is 5.75 Å². The molecule has 3 heterocycles. The summed E-state index contributed by atoms with van der Waals surface area (Å²) in [7, 11) is 1.34. The molecule has 3 aromatic heterocycles. The zero-order valence-corrected chi connectivity index (χ0v) is 19.8. The molecule has 5 rings (SSSR count). The number of aromatic nitrogens is 3. The van der Waals surface area contributed by atoms with Crippen LogP contribution < -0.4 is 15.8 Å². The van der Waals surface area contributed by atoms with Crippen molar-refractivity contribution in [2.45, 2.75) is 25.7 Å². The van der Waals surface area contributed by atoms with Crippen molar-refractivity contribution in [3.05, 3.63) is 77.4 Å². The van der Waals surface area contributed by atoms with E-state index in [-0.39, 0.29) is 35.2 Å². The van der Waals surface area contributed by atoms with E-state index in [1.165, 1.54) is 19.2 Å². The highest BCUT2D eigenvalue weighted by Gasteiger charge is 2.33. The highest BCUT2D eigenvalue weighted by Crippen LogP contribution is 2.37. The number of hydrogen-bond acceptors (Lipinski definition) is 6. The van der Waals surface area contributed by atoms with Crippen LogP contribution in [0.2, 0.25) is 0 Å². The van der Waals surface area contributed by atoms with Crippen LogP contribution in [0, 0.1) is 0 Å². The third-order valence-corrected chi connectivity index (χ3v) is 5.96. The van der Waals surface area contributed by atoms with Crippen LogP contribution >= 0.6 is 0 Å². The van der Waals surface area contributed by atoms with Crippen LogP contribution in [0.15, 0.2) is 59.1 Å². The molecule has 11 heteroatoms. The van der Waals surface area contributed by atoms with Crippen molar-refractivity contribution in [3.8, 4) is 17.2 Å². The number of nitrogens with two attached hydrogens (primary N) is 1. The van der Waals surface area contributed by atoms with E-state index in [9.17, 15) is 18.0 Å². The highest BCUT2D eigenvalue weighted by molar-refractivity contribution is 5.98. The number of carbonyl (C=O) groups excluding carboxylic acids is 1. The number of nitrogens with zero attached hydrogens (tertiary/aromatic N) is 2. The van der Waals surface area contributed by atoms with Crippen LogP contribution in [0.3, 0.4) is 0 Å². The second-order valence-electron chi connectivity index (χ2n) is 8.47. The topological polar surface area (TPSA) is 119 Å². The van der Waals surface area contributed by atoms with Crippen molar-refractivity contribution in [1.29, 1.82) is 0 Å². The van der Waals surface area contributed by atoms with Crippen molar-refractivity contribution >= 4 is 27.7 Å². The normalized spacial score (nSPS) is 12.7. The Morgan fingerprint density at radius 2 is 1.92 bits per heavy atom. The highest BCUT2D eigenvalue weighted by atomic mass is 19.4. The molecule has 0 unspecified atom stereocenters. The van der Waals surface area contributed by atoms with Crippen molar-refractivity contribution in [2.24, 2.45) is 5.73 Å². The first-order valence-electron chi connectivity index (χ1n) is 11.3. The Labute approximate surface area is 208 Å². The van der Waals surface area contributed by atoms with Gasteiger partial charge in [-0.3, -0.25) is 4.79 Å². The smallest absolute Gasteiger partial charge is 0.433 e. The lowest BCUT2D eigenvalue weighted by Gasteiger charge is -2.11. The second-order valence-corrected chi connectivity index (χ2v) is 8.47. The number of benzene rings is 2. The summed E-state index contributed by atoms with van der Waals surface area (Å²) in [5.74, 6) is -0.169. The summed E-state index contributed by atoms with van der Waals surface area (Å²) in [6, 6.07) is 12.2. The molecule has 1 atom stereocenters. The largest absolute Gasteiger partial charge is 0.494 e. The van der Waals surface area contributed by atoms with E-state index in [4.69, 9.17) is 14.9 Å². The molecule has 4 N–H and O–H groups in total. The Hall–Kier alpha value is -4.38. The maximum atomic E-state index is 13.3. The van der Waals surface area contributed by atoms with E-state index in [1.807, 2.05) is 30.5 Å². The van der Waals surface area contributed by atoms with Gasteiger partial charge in [0, 0.05) is 34.6 Å². The van der Waals surface area contributed by atoms with Gasteiger partial charge >= 0.3 is 6.18 Å². The minimum atomic E-state index is -4.63. The van der Waals surface area contributed by atoms with Gasteiger partial charge in [0.05, 0.1) is 13.2 Å². The predicted molar refractivity (Wildman–Crippen MR) is 131 cm³/mol. The molecule has 0 bridgehead atoms. The Bertz CT molecular complexity index is 1620. The van der Waals surface area contributed by atoms with E-state index < -0.39 is 23.8 Å². The summed E-state index contributed by atoms with van der Waals surface area (Å²) in [5, 5.41) is 4.13. The Morgan fingerprint density at radius 3 is 2.65 bits per heavy atom. The first-order chi connectivity index (χ1) is 17.7. The molecule has 190 valence electrons. The lowest BCUT2D eigenvalue weighted by atomic mass is 10.1. The van der Waals surface area contributed by atoms with Gasteiger partial charge in [0.1, 0.15) is 17.0 Å². The number of aromatic amines is 1. The van der Waals surface area contributed by atoms with E-state index in [2.05, 4.69) is 20.3 Å². The Morgan fingerprint density at radius 1 is 1.14 bits per heavy atom. The van der Waals surface area contributed by atoms with Gasteiger partial charge in [-0.1, -0.05) is 18.2 Å². The fourth-order valence-corrected chi connectivity index (χ4v) is 4.16. The van der Waals surface area contributed by atoms with E-state index >= 15 is 0 Å². The van der Waals surface area contributed by atoms with Crippen molar-refractivity contribution in [2.75, 3.05) is 7.11 Å². The van der Waals surface area contributed by atoms with Crippen molar-refractivity contribution in [3.63, 3.8) is 0 Å². The first-order valence-corrected chi connectivity index (χ1v) is 11.3. The van der Waals surface area contributed by atoms with Crippen molar-refractivity contribution < 1.29 is 27.1 Å². The summed E-state index contributed by atoms with van der Waals surface area (Å²) in [5.41, 5.74) is 7.16. The van der Waals surface area contributed by atoms with Gasteiger partial charge in [-0.15, -0.1) is 0 Å². The maximum Gasteiger partial charge on any atom is 0.433 e. The fraction of sp³-hybridized carbons (Fsp3) is 0.192. The van der Waals surface area contributed by atoms with Gasteiger partial charge in [-0.2, -0.15) is 13.2 Å². The van der Waals surface area contributed by atoms with Crippen LogP contribution in [0.1, 0.15) is 40.5 Å². The summed E-state index contributed by atoms with van der Waals surface area (Å²) >= 11 is 0. The van der Waals surface area contributed by atoms with Crippen LogP contribution in [0.4, 0.5) is 13.2 Å². The number of H-pyrrole nitrogens is 1. The lowest BCUT2D eigenvalue weighted by Crippen LogP contribution is -2.25. The summed E-state index contributed by atoms with van der Waals surface area (Å²) in [6.07, 6.45) is -2.81. The molecule has 1 amide bonds. The van der Waals surface area contributed by atoms with Crippen LogP contribution in [-0.2, 0) is 12.7 Å². The molecule has 0 aliphatic heterocycles. The number of halogens is 3. The molecular weight excluding hydrogens is 487 g/mol. The van der Waals surface area contributed by atoms with E-state index in [0.717, 1.165) is 22.5 Å². The molecule has 0 spiro atoms. The van der Waals surface area contributed by atoms with Gasteiger partial charge < -0.3 is 25.2 Å². The zero-order chi connectivity index (χ0) is 26.3. The lowest BCUT2D eigenvalue weighted by molar-refractivity contribution is -0.140. The molecule has 0 saturated heterocycles. The number of rotatable bonds is 6. The van der Waals surface area contributed by atoms with Gasteiger partial charge in [0.2, 0.25) is 5.89 Å². The minimum Gasteiger partial charge on any atom is -0.494 e. The number of ether oxygens (including phenoxy) is 1. The van der Waals surface area contributed by atoms with Crippen LogP contribution in [0.25, 0.3) is 33.3 Å². The number of para-hydroxylation sites is 1. The number of alkyl halides is 3. The molecular formula is C26H22F3N5O3. The minimum absolute atomic E-state index is 0.00585. The quantitative estimate of drug-likeness (QED) is 0.284. The zero-order valence-electron chi connectivity index (χ0n) is 19.8. The van der Waals surface area contributed by atoms with E-state index in [0.29, 0.717) is 10.9 Å². The fourth-order valence-electron chi connectivity index (χ4n) is 4.16. The summed E-state index contributed by atoms with van der Waals surface area (Å²) in [6.45, 7) is 1.88. The molecule has 0 aliphatic rings. The van der Waals surface area contributed by atoms with Gasteiger partial charge in [0.25, 0.3) is 5.91 Å². The SMILES string of the molecule is COc1ccc(-c2nc(C(=O)NCc3c[nH]c4ccccc34)c([C@H](C)N)o2)c2ccc(C(F)(F)F)nc12. The number of oxazole rings is 1. The standard InChI is InChI=1S/C26H22F3N5O3/c1-13(30)23-22(24(35)32-12-14-11-31-18-6-4-3-5-15(14)18)34-25(37-23)17-7-9-19(36-2)21-16(17)8-10-20(33-21)26(27,28)29/h3-11,13,31H,12,30H2,1-2H3,(H,32,35)/t13-/m0/s1. The predicted octanol–water partition coefficient (Wildman–Crippen LogP) is 5.35. The molecule has 2 aromatic carbocycles. The Kier molecular flexibility index (Phi) is 6.08. The van der Waals surface area contributed by atoms with Gasteiger partial charge in [-0.05, 0) is 42.8 Å². The number of methoxy groups -OCH3 is 1. The average Bonchev–Trinajstić information content (AvgIpc) is 3.51. The summed E-state index contributed by atoms with van der Waals surface area (Å²) < 4.78 is 50.9. The Balaban J connectivity index is 1.52. The number of carbonyl (C=O) groups is 1. The second kappa shape index (κ2) is 9.25. The number of amides is 1. The number of pyridine rings is 1. The number of fused-ring (bicyclic) bond motifs is 2. The number of nitrogens with one attached hydrogen (secondary N) is 2.